The topological polar surface area (TPSA) is 110 Å². The maximum Gasteiger partial charge on any atom is 0.246 e. The average molecular weight is 400 g/mol. The zero-order valence-corrected chi connectivity index (χ0v) is 17.2. The summed E-state index contributed by atoms with van der Waals surface area (Å²) in [6, 6.07) is 0. The van der Waals surface area contributed by atoms with Crippen LogP contribution in [0.2, 0.25) is 0 Å². The van der Waals surface area contributed by atoms with Crippen molar-refractivity contribution in [2.24, 2.45) is 0 Å². The van der Waals surface area contributed by atoms with E-state index >= 15 is 0 Å². The maximum absolute atomic E-state index is 12.7. The first-order valence-corrected chi connectivity index (χ1v) is 9.12. The predicted molar refractivity (Wildman–Crippen MR) is 103 cm³/mol. The molecule has 3 aromatic rings. The lowest BCUT2D eigenvalue weighted by molar-refractivity contribution is -0.126. The molecule has 0 fully saturated rings. The highest BCUT2D eigenvalue weighted by atomic mass is 16.5. The number of nitrogens with zero attached hydrogens (tertiary/aromatic N) is 6. The summed E-state index contributed by atoms with van der Waals surface area (Å²) in [6.45, 7) is 7.99. The molecule has 0 aliphatic rings. The van der Waals surface area contributed by atoms with Gasteiger partial charge in [-0.05, 0) is 27.7 Å². The zero-order valence-electron chi connectivity index (χ0n) is 17.2. The standard InChI is InChI=1S/C19H24N6O4/c1-12-17(14(3)28-21-12)8-24(11-26)10-19(27)23(5)16-6-20-25(7-16)9-18-13(2)22-29-15(18)4/h6-7,11H,8-10H2,1-5H3. The minimum absolute atomic E-state index is 0.0703. The number of likely N-dealkylation sites (N-methyl/N-ethyl adjacent to an activating group) is 1. The lowest BCUT2D eigenvalue weighted by Crippen LogP contribution is -2.37. The largest absolute Gasteiger partial charge is 0.361 e. The molecule has 10 nitrogen and oxygen atoms in total. The van der Waals surface area contributed by atoms with Crippen molar-refractivity contribution in [2.45, 2.75) is 40.8 Å². The lowest BCUT2D eigenvalue weighted by atomic mass is 10.2. The molecule has 3 heterocycles. The Hall–Kier alpha value is -3.43. The first-order chi connectivity index (χ1) is 13.8. The van der Waals surface area contributed by atoms with Gasteiger partial charge in [-0.3, -0.25) is 14.3 Å². The molecule has 0 unspecified atom stereocenters. The fourth-order valence-corrected chi connectivity index (χ4v) is 2.99. The molecule has 3 rings (SSSR count). The Morgan fingerprint density at radius 2 is 1.72 bits per heavy atom. The van der Waals surface area contributed by atoms with Crippen molar-refractivity contribution in [2.75, 3.05) is 18.5 Å². The molecule has 0 bridgehead atoms. The molecule has 2 amide bonds. The van der Waals surface area contributed by atoms with E-state index in [4.69, 9.17) is 9.05 Å². The van der Waals surface area contributed by atoms with Gasteiger partial charge >= 0.3 is 0 Å². The molecule has 3 aromatic heterocycles. The third-order valence-electron chi connectivity index (χ3n) is 4.91. The van der Waals surface area contributed by atoms with Crippen LogP contribution in [-0.4, -0.2) is 50.9 Å². The minimum Gasteiger partial charge on any atom is -0.361 e. The van der Waals surface area contributed by atoms with Gasteiger partial charge in [-0.15, -0.1) is 0 Å². The summed E-state index contributed by atoms with van der Waals surface area (Å²) in [6.07, 6.45) is 4.03. The second-order valence-electron chi connectivity index (χ2n) is 6.96. The molecule has 0 spiro atoms. The van der Waals surface area contributed by atoms with Crippen molar-refractivity contribution in [3.63, 3.8) is 0 Å². The molecule has 0 N–H and O–H groups in total. The Morgan fingerprint density at radius 3 is 2.28 bits per heavy atom. The number of hydrogen-bond donors (Lipinski definition) is 0. The van der Waals surface area contributed by atoms with Gasteiger partial charge in [-0.1, -0.05) is 10.3 Å². The number of hydrogen-bond acceptors (Lipinski definition) is 7. The minimum atomic E-state index is -0.235. The fraction of sp³-hybridized carbons (Fsp3) is 0.421. The van der Waals surface area contributed by atoms with E-state index in [1.165, 1.54) is 9.80 Å². The van der Waals surface area contributed by atoms with E-state index in [0.29, 0.717) is 30.1 Å². The molecule has 0 radical (unpaired) electrons. The number of carbonyl (C=O) groups is 2. The van der Waals surface area contributed by atoms with Crippen LogP contribution in [0.1, 0.15) is 34.0 Å². The van der Waals surface area contributed by atoms with Crippen molar-refractivity contribution in [1.29, 1.82) is 0 Å². The van der Waals surface area contributed by atoms with Gasteiger partial charge in [0.2, 0.25) is 12.3 Å². The molecular weight excluding hydrogens is 376 g/mol. The van der Waals surface area contributed by atoms with Crippen LogP contribution in [0.15, 0.2) is 21.4 Å². The van der Waals surface area contributed by atoms with E-state index in [1.54, 1.807) is 38.0 Å². The van der Waals surface area contributed by atoms with Crippen molar-refractivity contribution >= 4 is 18.0 Å². The summed E-state index contributed by atoms with van der Waals surface area (Å²) in [7, 11) is 1.65. The fourth-order valence-electron chi connectivity index (χ4n) is 2.99. The smallest absolute Gasteiger partial charge is 0.246 e. The summed E-state index contributed by atoms with van der Waals surface area (Å²) in [5.74, 6) is 1.14. The van der Waals surface area contributed by atoms with Gasteiger partial charge in [0.05, 0.1) is 36.4 Å². The number of amides is 2. The Bertz CT molecular complexity index is 979. The molecule has 0 aliphatic carbocycles. The summed E-state index contributed by atoms with van der Waals surface area (Å²) in [4.78, 5) is 27.0. The molecule has 0 saturated heterocycles. The van der Waals surface area contributed by atoms with E-state index in [9.17, 15) is 9.59 Å². The van der Waals surface area contributed by atoms with Crippen molar-refractivity contribution < 1.29 is 18.6 Å². The third kappa shape index (κ3) is 4.36. The highest BCUT2D eigenvalue weighted by molar-refractivity contribution is 5.94. The predicted octanol–water partition coefficient (Wildman–Crippen LogP) is 1.76. The van der Waals surface area contributed by atoms with Gasteiger partial charge in [0.1, 0.15) is 18.1 Å². The van der Waals surface area contributed by atoms with Crippen molar-refractivity contribution in [3.05, 3.63) is 46.4 Å². The van der Waals surface area contributed by atoms with Crippen LogP contribution in [0.5, 0.6) is 0 Å². The Morgan fingerprint density at radius 1 is 1.10 bits per heavy atom. The van der Waals surface area contributed by atoms with Crippen LogP contribution in [0.4, 0.5) is 5.69 Å². The van der Waals surface area contributed by atoms with Gasteiger partial charge in [0.25, 0.3) is 0 Å². The first kappa shape index (κ1) is 20.3. The van der Waals surface area contributed by atoms with Gasteiger partial charge in [0.15, 0.2) is 0 Å². The Labute approximate surface area is 168 Å². The van der Waals surface area contributed by atoms with Gasteiger partial charge in [0, 0.05) is 24.4 Å². The van der Waals surface area contributed by atoms with Crippen LogP contribution in [-0.2, 0) is 22.7 Å². The van der Waals surface area contributed by atoms with Crippen molar-refractivity contribution in [3.8, 4) is 0 Å². The number of aryl methyl sites for hydroxylation is 4. The zero-order chi connectivity index (χ0) is 21.1. The molecule has 10 heteroatoms. The quantitative estimate of drug-likeness (QED) is 0.530. The van der Waals surface area contributed by atoms with Crippen LogP contribution in [0, 0.1) is 27.7 Å². The second-order valence-corrected chi connectivity index (χ2v) is 6.96. The first-order valence-electron chi connectivity index (χ1n) is 9.12. The van der Waals surface area contributed by atoms with Gasteiger partial charge in [-0.2, -0.15) is 5.10 Å². The Kier molecular flexibility index (Phi) is 5.81. The molecule has 29 heavy (non-hydrogen) atoms. The highest BCUT2D eigenvalue weighted by Crippen LogP contribution is 2.18. The van der Waals surface area contributed by atoms with Crippen LogP contribution in [0.25, 0.3) is 0 Å². The van der Waals surface area contributed by atoms with Crippen molar-refractivity contribution in [1.82, 2.24) is 25.0 Å². The molecule has 154 valence electrons. The molecule has 0 atom stereocenters. The van der Waals surface area contributed by atoms with Gasteiger partial charge in [-0.25, -0.2) is 0 Å². The van der Waals surface area contributed by atoms with E-state index in [0.717, 1.165) is 22.6 Å². The van der Waals surface area contributed by atoms with Crippen LogP contribution >= 0.6 is 0 Å². The van der Waals surface area contributed by atoms with E-state index in [1.807, 2.05) is 13.8 Å². The van der Waals surface area contributed by atoms with Gasteiger partial charge < -0.3 is 18.8 Å². The number of rotatable bonds is 8. The Balaban J connectivity index is 1.65. The summed E-state index contributed by atoms with van der Waals surface area (Å²) < 4.78 is 12.0. The van der Waals surface area contributed by atoms with Crippen LogP contribution in [0.3, 0.4) is 0 Å². The number of anilines is 1. The molecular formula is C19H24N6O4. The number of carbonyl (C=O) groups excluding carboxylic acids is 2. The highest BCUT2D eigenvalue weighted by Gasteiger charge is 2.19. The average Bonchev–Trinajstić information content (AvgIpc) is 3.38. The van der Waals surface area contributed by atoms with E-state index in [2.05, 4.69) is 15.4 Å². The lowest BCUT2D eigenvalue weighted by Gasteiger charge is -2.21. The third-order valence-corrected chi connectivity index (χ3v) is 4.91. The van der Waals surface area contributed by atoms with E-state index in [-0.39, 0.29) is 19.0 Å². The summed E-state index contributed by atoms with van der Waals surface area (Å²) in [5, 5.41) is 12.1. The SMILES string of the molecule is Cc1noc(C)c1CN(C=O)CC(=O)N(C)c1cnn(Cc2c(C)noc2C)c1. The van der Waals surface area contributed by atoms with E-state index < -0.39 is 0 Å². The van der Waals surface area contributed by atoms with Crippen LogP contribution < -0.4 is 4.90 Å². The monoisotopic (exact) mass is 400 g/mol. The summed E-state index contributed by atoms with van der Waals surface area (Å²) in [5.41, 5.74) is 3.91. The number of aromatic nitrogens is 4. The second kappa shape index (κ2) is 8.29. The normalized spacial score (nSPS) is 10.9. The molecule has 0 aromatic carbocycles. The maximum atomic E-state index is 12.7. The summed E-state index contributed by atoms with van der Waals surface area (Å²) >= 11 is 0. The molecule has 0 aliphatic heterocycles. The molecule has 0 saturated carbocycles.